The van der Waals surface area contributed by atoms with Crippen LogP contribution in [0, 0.1) is 0 Å². The van der Waals surface area contributed by atoms with E-state index in [0.717, 1.165) is 16.8 Å². The van der Waals surface area contributed by atoms with Crippen LogP contribution in [0.4, 0.5) is 0 Å². The van der Waals surface area contributed by atoms with E-state index < -0.39 is 0 Å². The van der Waals surface area contributed by atoms with E-state index in [1.807, 2.05) is 65.6 Å². The molecule has 0 spiro atoms. The number of nitrogens with zero attached hydrogens (tertiary/aromatic N) is 2. The van der Waals surface area contributed by atoms with Crippen LogP contribution in [-0.2, 0) is 0 Å². The predicted molar refractivity (Wildman–Crippen MR) is 79.1 cm³/mol. The Bertz CT molecular complexity index is 679. The summed E-state index contributed by atoms with van der Waals surface area (Å²) in [6, 6.07) is 18.4. The number of hydrogen-bond acceptors (Lipinski definition) is 1. The zero-order valence-electron chi connectivity index (χ0n) is 10.5. The van der Waals surface area contributed by atoms with Gasteiger partial charge in [-0.15, -0.1) is 0 Å². The van der Waals surface area contributed by atoms with E-state index in [4.69, 9.17) is 0 Å². The average Bonchev–Trinajstić information content (AvgIpc) is 2.98. The molecule has 0 bridgehead atoms. The van der Waals surface area contributed by atoms with Crippen molar-refractivity contribution in [3.05, 3.63) is 79.1 Å². The van der Waals surface area contributed by atoms with Crippen molar-refractivity contribution >= 4 is 6.08 Å². The lowest BCUT2D eigenvalue weighted by Gasteiger charge is -2.01. The van der Waals surface area contributed by atoms with Gasteiger partial charge in [0.1, 0.15) is 0 Å². The first-order chi connectivity index (χ1) is 9.36. The lowest BCUT2D eigenvalue weighted by Crippen LogP contribution is -1.93. The molecule has 3 aromatic rings. The Labute approximate surface area is 112 Å². The second kappa shape index (κ2) is 4.94. The zero-order chi connectivity index (χ0) is 13.1. The molecule has 1 heterocycles. The van der Waals surface area contributed by atoms with Gasteiger partial charge in [-0.1, -0.05) is 55.1 Å². The van der Waals surface area contributed by atoms with Gasteiger partial charge in [0.05, 0.1) is 11.9 Å². The van der Waals surface area contributed by atoms with Crippen LogP contribution < -0.4 is 0 Å². The molecule has 92 valence electrons. The minimum atomic E-state index is 1.05. The van der Waals surface area contributed by atoms with Gasteiger partial charge in [0.15, 0.2) is 0 Å². The summed E-state index contributed by atoms with van der Waals surface area (Å²) in [5, 5.41) is 4.41. The average molecular weight is 246 g/mol. The monoisotopic (exact) mass is 246 g/mol. The van der Waals surface area contributed by atoms with Crippen LogP contribution in [0.3, 0.4) is 0 Å². The SMILES string of the molecule is C=Cc1ccc(-n2cc(-c3ccccc3)cn2)cc1. The maximum atomic E-state index is 4.41. The van der Waals surface area contributed by atoms with Crippen molar-refractivity contribution in [1.29, 1.82) is 0 Å². The van der Waals surface area contributed by atoms with E-state index in [0.29, 0.717) is 0 Å². The van der Waals surface area contributed by atoms with Gasteiger partial charge in [-0.05, 0) is 23.3 Å². The first-order valence-electron chi connectivity index (χ1n) is 6.20. The van der Waals surface area contributed by atoms with E-state index in [9.17, 15) is 0 Å². The highest BCUT2D eigenvalue weighted by Crippen LogP contribution is 2.19. The van der Waals surface area contributed by atoms with Gasteiger partial charge in [-0.3, -0.25) is 0 Å². The van der Waals surface area contributed by atoms with Crippen LogP contribution in [0.2, 0.25) is 0 Å². The highest BCUT2D eigenvalue weighted by molar-refractivity contribution is 5.62. The molecule has 0 fully saturated rings. The summed E-state index contributed by atoms with van der Waals surface area (Å²) in [6.45, 7) is 3.75. The Morgan fingerprint density at radius 2 is 1.63 bits per heavy atom. The molecular weight excluding hydrogens is 232 g/mol. The molecule has 2 heteroatoms. The molecule has 0 saturated carbocycles. The Morgan fingerprint density at radius 3 is 2.32 bits per heavy atom. The first-order valence-corrected chi connectivity index (χ1v) is 6.20. The van der Waals surface area contributed by atoms with Crippen molar-refractivity contribution in [2.75, 3.05) is 0 Å². The Kier molecular flexibility index (Phi) is 2.99. The van der Waals surface area contributed by atoms with Gasteiger partial charge in [0.25, 0.3) is 0 Å². The fourth-order valence-corrected chi connectivity index (χ4v) is 2.01. The maximum absolute atomic E-state index is 4.41. The molecule has 0 aliphatic heterocycles. The third-order valence-electron chi connectivity index (χ3n) is 3.08. The molecule has 0 radical (unpaired) electrons. The van der Waals surface area contributed by atoms with Gasteiger partial charge in [0.2, 0.25) is 0 Å². The lowest BCUT2D eigenvalue weighted by atomic mass is 10.1. The summed E-state index contributed by atoms with van der Waals surface area (Å²) >= 11 is 0. The Balaban J connectivity index is 1.94. The largest absolute Gasteiger partial charge is 0.240 e. The topological polar surface area (TPSA) is 17.8 Å². The number of rotatable bonds is 3. The van der Waals surface area contributed by atoms with E-state index in [1.54, 1.807) is 0 Å². The van der Waals surface area contributed by atoms with Crippen LogP contribution in [0.1, 0.15) is 5.56 Å². The molecule has 0 N–H and O–H groups in total. The molecular formula is C17H14N2. The highest BCUT2D eigenvalue weighted by atomic mass is 15.3. The van der Waals surface area contributed by atoms with Gasteiger partial charge < -0.3 is 0 Å². The molecule has 0 amide bonds. The van der Waals surface area contributed by atoms with Gasteiger partial charge in [-0.25, -0.2) is 4.68 Å². The summed E-state index contributed by atoms with van der Waals surface area (Å²) in [5.74, 6) is 0. The Hall–Kier alpha value is -2.61. The van der Waals surface area contributed by atoms with E-state index in [2.05, 4.69) is 23.8 Å². The van der Waals surface area contributed by atoms with Crippen LogP contribution >= 0.6 is 0 Å². The first kappa shape index (κ1) is 11.5. The van der Waals surface area contributed by atoms with Crippen molar-refractivity contribution in [2.45, 2.75) is 0 Å². The van der Waals surface area contributed by atoms with Crippen molar-refractivity contribution in [3.8, 4) is 16.8 Å². The van der Waals surface area contributed by atoms with Gasteiger partial charge in [0, 0.05) is 11.8 Å². The highest BCUT2D eigenvalue weighted by Gasteiger charge is 2.02. The van der Waals surface area contributed by atoms with Gasteiger partial charge in [-0.2, -0.15) is 5.10 Å². The van der Waals surface area contributed by atoms with Crippen LogP contribution in [0.5, 0.6) is 0 Å². The minimum absolute atomic E-state index is 1.05. The summed E-state index contributed by atoms with van der Waals surface area (Å²) in [7, 11) is 0. The molecule has 0 atom stereocenters. The standard InChI is InChI=1S/C17H14N2/c1-2-14-8-10-17(11-9-14)19-13-16(12-18-19)15-6-4-3-5-7-15/h2-13H,1H2. The minimum Gasteiger partial charge on any atom is -0.240 e. The normalized spacial score (nSPS) is 10.3. The maximum Gasteiger partial charge on any atom is 0.0646 e. The molecule has 0 unspecified atom stereocenters. The second-order valence-electron chi connectivity index (χ2n) is 4.34. The summed E-state index contributed by atoms with van der Waals surface area (Å²) in [5.41, 5.74) is 4.46. The van der Waals surface area contributed by atoms with Crippen LogP contribution in [-0.4, -0.2) is 9.78 Å². The molecule has 1 aromatic heterocycles. The molecule has 0 aliphatic carbocycles. The number of aromatic nitrogens is 2. The summed E-state index contributed by atoms with van der Waals surface area (Å²) in [6.07, 6.45) is 5.76. The van der Waals surface area contributed by atoms with Crippen molar-refractivity contribution in [1.82, 2.24) is 9.78 Å². The van der Waals surface area contributed by atoms with Crippen molar-refractivity contribution < 1.29 is 0 Å². The quantitative estimate of drug-likeness (QED) is 0.677. The molecule has 2 aromatic carbocycles. The fraction of sp³-hybridized carbons (Fsp3) is 0. The lowest BCUT2D eigenvalue weighted by molar-refractivity contribution is 0.880. The zero-order valence-corrected chi connectivity index (χ0v) is 10.5. The smallest absolute Gasteiger partial charge is 0.0646 e. The van der Waals surface area contributed by atoms with Gasteiger partial charge >= 0.3 is 0 Å². The second-order valence-corrected chi connectivity index (χ2v) is 4.34. The number of benzene rings is 2. The Morgan fingerprint density at radius 1 is 0.895 bits per heavy atom. The van der Waals surface area contributed by atoms with E-state index in [1.165, 1.54) is 5.56 Å². The molecule has 0 aliphatic rings. The van der Waals surface area contributed by atoms with E-state index >= 15 is 0 Å². The third-order valence-corrected chi connectivity index (χ3v) is 3.08. The van der Waals surface area contributed by atoms with Crippen molar-refractivity contribution in [2.24, 2.45) is 0 Å². The molecule has 2 nitrogen and oxygen atoms in total. The molecule has 0 saturated heterocycles. The number of hydrogen-bond donors (Lipinski definition) is 0. The van der Waals surface area contributed by atoms with E-state index in [-0.39, 0.29) is 0 Å². The molecule has 19 heavy (non-hydrogen) atoms. The third kappa shape index (κ3) is 2.33. The van der Waals surface area contributed by atoms with Crippen molar-refractivity contribution in [3.63, 3.8) is 0 Å². The predicted octanol–water partition coefficient (Wildman–Crippen LogP) is 4.18. The fourth-order valence-electron chi connectivity index (χ4n) is 2.01. The summed E-state index contributed by atoms with van der Waals surface area (Å²) in [4.78, 5) is 0. The summed E-state index contributed by atoms with van der Waals surface area (Å²) < 4.78 is 1.88. The van der Waals surface area contributed by atoms with Crippen LogP contribution in [0.15, 0.2) is 73.6 Å². The molecule has 3 rings (SSSR count). The van der Waals surface area contributed by atoms with Crippen LogP contribution in [0.25, 0.3) is 22.9 Å².